The van der Waals surface area contributed by atoms with Crippen LogP contribution in [0.3, 0.4) is 0 Å². The van der Waals surface area contributed by atoms with Gasteiger partial charge < -0.3 is 49.5 Å². The van der Waals surface area contributed by atoms with Crippen molar-refractivity contribution in [1.82, 2.24) is 70.2 Å². The van der Waals surface area contributed by atoms with Crippen LogP contribution < -0.4 is 10.6 Å². The molecule has 0 spiro atoms. The SMILES string of the molecule is CC[C@@H]1NC(=O)[C@@H]2[C@@H]([C@H](C)CCCCSc3nnnn3-c3ccccc3)ON2C(=O)[C@H](C(C)C)N(C)C(=O)[C@H](CC(C)C)N(C)C(=O)[C@H](CC(C)C)N(C)C(=O)[C@@H](C)NC(=O)[C@H](C)CC(=O)[C@H](CC(C)C)N(C)C(=O)[C@H](C(C)C)CC(=O)[C@H]([C@@H](C)OCCCCN2CCOCC2)N(C)C(=O)[C@@H](C)N(C)C1=O. The Morgan fingerprint density at radius 1 is 0.575 bits per heavy atom. The highest BCUT2D eigenvalue weighted by Gasteiger charge is 2.55. The highest BCUT2D eigenvalue weighted by molar-refractivity contribution is 7.99. The summed E-state index contributed by atoms with van der Waals surface area (Å²) in [7, 11) is 8.86. The van der Waals surface area contributed by atoms with Crippen LogP contribution in [-0.2, 0) is 67.1 Å². The molecule has 3 aliphatic heterocycles. The summed E-state index contributed by atoms with van der Waals surface area (Å²) in [6, 6.07) is -1.31. The molecule has 29 heteroatoms. The number of carbonyl (C=O) groups is 11. The molecule has 0 bridgehead atoms. The van der Waals surface area contributed by atoms with E-state index >= 15 is 38.4 Å². The fourth-order valence-corrected chi connectivity index (χ4v) is 15.3. The summed E-state index contributed by atoms with van der Waals surface area (Å²) >= 11 is 1.50. The summed E-state index contributed by atoms with van der Waals surface area (Å²) in [6.45, 7) is 32.4. The number of aromatic nitrogens is 4. The lowest BCUT2D eigenvalue weighted by atomic mass is 9.85. The molecule has 3 fully saturated rings. The van der Waals surface area contributed by atoms with Crippen LogP contribution in [0.4, 0.5) is 0 Å². The van der Waals surface area contributed by atoms with Gasteiger partial charge in [0.1, 0.15) is 48.4 Å². The van der Waals surface area contributed by atoms with E-state index in [1.54, 1.807) is 53.1 Å². The molecule has 106 heavy (non-hydrogen) atoms. The van der Waals surface area contributed by atoms with Crippen LogP contribution in [0.25, 0.3) is 5.69 Å². The number of tetrazole rings is 1. The van der Waals surface area contributed by atoms with Crippen LogP contribution in [0, 0.1) is 47.3 Å². The van der Waals surface area contributed by atoms with Gasteiger partial charge in [-0.2, -0.15) is 4.68 Å². The molecular formula is C77H128N14O14S. The lowest BCUT2D eigenvalue weighted by Crippen LogP contribution is -2.72. The number of para-hydroxylation sites is 1. The lowest BCUT2D eigenvalue weighted by molar-refractivity contribution is -0.322. The maximum atomic E-state index is 15.5. The molecule has 0 aliphatic carbocycles. The topological polar surface area (TPSA) is 309 Å². The first-order valence-corrected chi connectivity index (χ1v) is 39.5. The van der Waals surface area contributed by atoms with Crippen molar-refractivity contribution < 1.29 is 67.1 Å². The van der Waals surface area contributed by atoms with Gasteiger partial charge in [-0.15, -0.1) is 5.10 Å². The van der Waals surface area contributed by atoms with E-state index in [1.807, 2.05) is 78.8 Å². The minimum Gasteiger partial charge on any atom is -0.379 e. The van der Waals surface area contributed by atoms with Gasteiger partial charge >= 0.3 is 0 Å². The number of thioether (sulfide) groups is 1. The number of rotatable bonds is 24. The Balaban J connectivity index is 1.58. The Hall–Kier alpha value is -6.95. The van der Waals surface area contributed by atoms with Crippen molar-refractivity contribution in [3.63, 3.8) is 0 Å². The summed E-state index contributed by atoms with van der Waals surface area (Å²) in [5.74, 6) is -9.62. The van der Waals surface area contributed by atoms with Crippen LogP contribution in [0.1, 0.15) is 181 Å². The number of morpholine rings is 1. The lowest BCUT2D eigenvalue weighted by Gasteiger charge is -2.50. The number of amides is 9. The van der Waals surface area contributed by atoms with Crippen molar-refractivity contribution >= 4 is 76.5 Å². The van der Waals surface area contributed by atoms with Crippen molar-refractivity contribution in [3.8, 4) is 5.69 Å². The number of likely N-dealkylation sites (N-methyl/N-ethyl adjacent to an activating group) is 6. The van der Waals surface area contributed by atoms with E-state index in [0.29, 0.717) is 43.4 Å². The number of hydrogen-bond acceptors (Lipinski definition) is 19. The Morgan fingerprint density at radius 3 is 1.72 bits per heavy atom. The molecule has 2 aromatic rings. The van der Waals surface area contributed by atoms with E-state index in [9.17, 15) is 14.4 Å². The van der Waals surface area contributed by atoms with E-state index in [0.717, 1.165) is 43.2 Å². The average molecular weight is 1510 g/mol. The molecule has 2 N–H and O–H groups in total. The maximum absolute atomic E-state index is 15.5. The van der Waals surface area contributed by atoms with Crippen LogP contribution in [0.5, 0.6) is 0 Å². The first-order valence-electron chi connectivity index (χ1n) is 38.5. The summed E-state index contributed by atoms with van der Waals surface area (Å²) in [6.07, 6.45) is 1.51. The summed E-state index contributed by atoms with van der Waals surface area (Å²) in [5.41, 5.74) is 0.816. The average Bonchev–Trinajstić information content (AvgIpc) is 0.821. The first kappa shape index (κ1) is 89.7. The molecule has 5 rings (SSSR count). The normalized spacial score (nSPS) is 26.8. The fraction of sp³-hybridized carbons (Fsp3) is 0.766. The molecule has 3 aliphatic rings. The second-order valence-corrected chi connectivity index (χ2v) is 32.7. The number of Topliss-reactive ketones (excluding diaryl/α,β-unsaturated/α-hetero) is 2. The zero-order valence-corrected chi connectivity index (χ0v) is 68.4. The van der Waals surface area contributed by atoms with Crippen LogP contribution in [0.15, 0.2) is 35.5 Å². The van der Waals surface area contributed by atoms with Crippen molar-refractivity contribution in [3.05, 3.63) is 30.3 Å². The number of benzene rings is 1. The number of ether oxygens (including phenoxy) is 2. The fourth-order valence-electron chi connectivity index (χ4n) is 14.4. The molecule has 14 atom stereocenters. The van der Waals surface area contributed by atoms with E-state index in [-0.39, 0.29) is 68.8 Å². The Labute approximate surface area is 634 Å². The van der Waals surface area contributed by atoms with Crippen LogP contribution in [0.2, 0.25) is 0 Å². The van der Waals surface area contributed by atoms with Crippen molar-refractivity contribution in [2.45, 2.75) is 253 Å². The highest BCUT2D eigenvalue weighted by Crippen LogP contribution is 2.35. The van der Waals surface area contributed by atoms with Crippen LogP contribution in [-0.4, -0.2) is 278 Å². The van der Waals surface area contributed by atoms with E-state index in [4.69, 9.17) is 14.3 Å². The van der Waals surface area contributed by atoms with Crippen molar-refractivity contribution in [1.29, 1.82) is 0 Å². The van der Waals surface area contributed by atoms with Gasteiger partial charge in [0.25, 0.3) is 5.91 Å². The predicted molar refractivity (Wildman–Crippen MR) is 405 cm³/mol. The number of hydrogen-bond donors (Lipinski definition) is 2. The Kier molecular flexibility index (Phi) is 35.6. The molecule has 28 nitrogen and oxygen atoms in total. The van der Waals surface area contributed by atoms with Crippen molar-refractivity contribution in [2.75, 3.05) is 87.5 Å². The van der Waals surface area contributed by atoms with E-state index in [1.165, 1.54) is 97.3 Å². The molecule has 9 amide bonds. The van der Waals surface area contributed by atoms with Crippen LogP contribution >= 0.6 is 11.8 Å². The third-order valence-corrected chi connectivity index (χ3v) is 22.1. The molecule has 3 saturated heterocycles. The number of nitrogens with one attached hydrogen (secondary N) is 2. The number of hydroxylamine groups is 2. The van der Waals surface area contributed by atoms with E-state index < -0.39 is 155 Å². The van der Waals surface area contributed by atoms with Gasteiger partial charge in [0.15, 0.2) is 17.6 Å². The van der Waals surface area contributed by atoms with Gasteiger partial charge in [0.05, 0.1) is 31.0 Å². The van der Waals surface area contributed by atoms with Crippen molar-refractivity contribution in [2.24, 2.45) is 47.3 Å². The maximum Gasteiger partial charge on any atom is 0.270 e. The van der Waals surface area contributed by atoms with Gasteiger partial charge in [0, 0.05) is 92.4 Å². The molecule has 0 radical (unpaired) electrons. The smallest absolute Gasteiger partial charge is 0.270 e. The summed E-state index contributed by atoms with van der Waals surface area (Å²) < 4.78 is 13.6. The molecule has 1 aromatic heterocycles. The third kappa shape index (κ3) is 24.0. The number of ketones is 2. The van der Waals surface area contributed by atoms with Gasteiger partial charge in [-0.3, -0.25) is 62.5 Å². The summed E-state index contributed by atoms with van der Waals surface area (Å²) in [5, 5.41) is 19.6. The molecule has 0 unspecified atom stereocenters. The Morgan fingerprint density at radius 2 is 1.14 bits per heavy atom. The van der Waals surface area contributed by atoms with Gasteiger partial charge in [-0.25, -0.2) is 5.06 Å². The zero-order chi connectivity index (χ0) is 79.3. The monoisotopic (exact) mass is 1500 g/mol. The van der Waals surface area contributed by atoms with E-state index in [2.05, 4.69) is 31.1 Å². The molecule has 1 aromatic carbocycles. The Bertz CT molecular complexity index is 3240. The largest absolute Gasteiger partial charge is 0.379 e. The number of unbranched alkanes of at least 4 members (excludes halogenated alkanes) is 2. The van der Waals surface area contributed by atoms with Gasteiger partial charge in [-0.1, -0.05) is 126 Å². The second-order valence-electron chi connectivity index (χ2n) is 31.7. The molecular weight excluding hydrogens is 1380 g/mol. The highest BCUT2D eigenvalue weighted by atomic mass is 32.2. The number of nitrogens with zero attached hydrogens (tertiary/aromatic N) is 12. The molecule has 596 valence electrons. The zero-order valence-electron chi connectivity index (χ0n) is 67.6. The number of carbonyl (C=O) groups excluding carboxylic acids is 11. The number of fused-ring (bicyclic) bond motifs is 1. The second kappa shape index (κ2) is 42.1. The minimum atomic E-state index is -1.32. The van der Waals surface area contributed by atoms with Gasteiger partial charge in [0.2, 0.25) is 52.4 Å². The minimum absolute atomic E-state index is 0.0449. The summed E-state index contributed by atoms with van der Waals surface area (Å²) in [4.78, 5) is 182. The predicted octanol–water partition coefficient (Wildman–Crippen LogP) is 6.61. The molecule has 4 heterocycles. The standard InChI is InChI=1S/C77H128N14O14S/c1-23-58-73(99)83(17)54(15)71(97)88(22)65(55(16)104-37-29-28-34-89-35-38-103-39-36-89)63(93)45-57(49(8)9)72(98)84(18)59(41-46(2)3)62(92)44-52(13)68(94)78-53(14)70(96)85(19)60(42-47(4)5)74(100)86(20)61(43-48(6)7)75(101)87(21)64(50(10)11)76(102)91-66(69(95)79-58)67(105-91)51(12)31-27-30-40-106-77-80-81-82-90(77)56-32-25-24-26-33-56/h24-26,32-33,46-55,57-61,64-67H,23,27-31,34-45H2,1-22H3,(H,78,94)(H,79,95)/t51-,52-,53-,54-,55-,57+,58+,59+,60+,61+,64+,65+,66+,67-/m1/s1. The molecule has 0 saturated carbocycles. The first-order chi connectivity index (χ1) is 49.9. The quantitative estimate of drug-likeness (QED) is 0.0825. The van der Waals surface area contributed by atoms with Gasteiger partial charge in [-0.05, 0) is 137 Å². The third-order valence-electron chi connectivity index (χ3n) is 21.1.